The first kappa shape index (κ1) is 16.5. The summed E-state index contributed by atoms with van der Waals surface area (Å²) >= 11 is 1.30. The van der Waals surface area contributed by atoms with Gasteiger partial charge in [-0.15, -0.1) is 5.10 Å². The zero-order valence-corrected chi connectivity index (χ0v) is 14.1. The number of carbonyl (C=O) groups is 1. The molecule has 1 atom stereocenters. The fraction of sp³-hybridized carbons (Fsp3) is 0.467. The van der Waals surface area contributed by atoms with Gasteiger partial charge in [-0.3, -0.25) is 4.79 Å². The van der Waals surface area contributed by atoms with Crippen LogP contribution in [0.25, 0.3) is 5.69 Å². The number of nitrogens with zero attached hydrogens (tertiary/aromatic N) is 4. The van der Waals surface area contributed by atoms with Crippen molar-refractivity contribution in [1.29, 1.82) is 0 Å². The molecule has 1 unspecified atom stereocenters. The minimum absolute atomic E-state index is 0.248. The maximum absolute atomic E-state index is 11.9. The van der Waals surface area contributed by atoms with Crippen molar-refractivity contribution in [2.75, 3.05) is 6.61 Å². The number of benzene rings is 1. The quantitative estimate of drug-likeness (QED) is 0.602. The number of hydrogen-bond donors (Lipinski definition) is 0. The molecule has 1 aromatic heterocycles. The molecule has 0 amide bonds. The van der Waals surface area contributed by atoms with Gasteiger partial charge in [-0.05, 0) is 54.8 Å². The molecule has 0 fully saturated rings. The van der Waals surface area contributed by atoms with E-state index in [2.05, 4.69) is 15.5 Å². The predicted octanol–water partition coefficient (Wildman–Crippen LogP) is 2.71. The third kappa shape index (κ3) is 3.65. The summed E-state index contributed by atoms with van der Waals surface area (Å²) in [7, 11) is 0. The highest BCUT2D eigenvalue weighted by atomic mass is 32.2. The van der Waals surface area contributed by atoms with Gasteiger partial charge in [0, 0.05) is 0 Å². The summed E-state index contributed by atoms with van der Waals surface area (Å²) < 4.78 is 6.82. The van der Waals surface area contributed by atoms with Crippen molar-refractivity contribution in [2.45, 2.75) is 44.5 Å². The second-order valence-electron chi connectivity index (χ2n) is 5.02. The molecule has 2 aromatic rings. The molecule has 118 valence electrons. The largest absolute Gasteiger partial charge is 0.465 e. The second kappa shape index (κ2) is 7.40. The summed E-state index contributed by atoms with van der Waals surface area (Å²) in [5.74, 6) is -0.248. The Morgan fingerprint density at radius 2 is 2.18 bits per heavy atom. The van der Waals surface area contributed by atoms with Crippen LogP contribution in [0.4, 0.5) is 0 Å². The van der Waals surface area contributed by atoms with E-state index in [9.17, 15) is 4.79 Å². The fourth-order valence-corrected chi connectivity index (χ4v) is 2.69. The first-order valence-electron chi connectivity index (χ1n) is 7.22. The van der Waals surface area contributed by atoms with Crippen molar-refractivity contribution in [3.05, 3.63) is 29.3 Å². The Labute approximate surface area is 134 Å². The van der Waals surface area contributed by atoms with E-state index < -0.39 is 0 Å². The average molecular weight is 320 g/mol. The molecule has 0 saturated carbocycles. The number of aromatic nitrogens is 4. The van der Waals surface area contributed by atoms with E-state index in [1.54, 1.807) is 11.6 Å². The Morgan fingerprint density at radius 3 is 2.91 bits per heavy atom. The van der Waals surface area contributed by atoms with Crippen molar-refractivity contribution >= 4 is 17.7 Å². The Hall–Kier alpha value is -1.89. The van der Waals surface area contributed by atoms with Crippen LogP contribution in [0.1, 0.15) is 31.4 Å². The molecule has 0 aliphatic rings. The van der Waals surface area contributed by atoms with Crippen LogP contribution in [0.5, 0.6) is 0 Å². The van der Waals surface area contributed by atoms with Crippen molar-refractivity contribution < 1.29 is 9.53 Å². The highest BCUT2D eigenvalue weighted by Crippen LogP contribution is 2.25. The van der Waals surface area contributed by atoms with Crippen LogP contribution in [-0.2, 0) is 9.53 Å². The minimum Gasteiger partial charge on any atom is -0.465 e. The van der Waals surface area contributed by atoms with Crippen molar-refractivity contribution in [2.24, 2.45) is 0 Å². The number of rotatable bonds is 6. The van der Waals surface area contributed by atoms with Crippen LogP contribution in [-0.4, -0.2) is 38.0 Å². The zero-order valence-electron chi connectivity index (χ0n) is 13.2. The number of carbonyl (C=O) groups excluding carboxylic acids is 1. The Balaban J connectivity index is 2.20. The molecule has 0 bridgehead atoms. The highest BCUT2D eigenvalue weighted by Gasteiger charge is 2.21. The van der Waals surface area contributed by atoms with E-state index in [-0.39, 0.29) is 11.2 Å². The standard InChI is InChI=1S/C15H20N4O2S/c1-5-9-21-14(20)12(4)22-15-16-17-18-19(15)13-8-6-7-10(2)11(13)3/h6-8,12H,5,9H2,1-4H3. The third-order valence-electron chi connectivity index (χ3n) is 3.31. The van der Waals surface area contributed by atoms with Crippen LogP contribution in [0.2, 0.25) is 0 Å². The topological polar surface area (TPSA) is 69.9 Å². The number of ether oxygens (including phenoxy) is 1. The van der Waals surface area contributed by atoms with Gasteiger partial charge >= 0.3 is 5.97 Å². The van der Waals surface area contributed by atoms with Gasteiger partial charge in [-0.25, -0.2) is 0 Å². The van der Waals surface area contributed by atoms with Gasteiger partial charge in [0.1, 0.15) is 5.25 Å². The number of tetrazole rings is 1. The average Bonchev–Trinajstić information content (AvgIpc) is 2.95. The lowest BCUT2D eigenvalue weighted by atomic mass is 10.1. The molecular weight excluding hydrogens is 300 g/mol. The Morgan fingerprint density at radius 1 is 1.41 bits per heavy atom. The molecule has 0 N–H and O–H groups in total. The van der Waals surface area contributed by atoms with E-state index in [1.807, 2.05) is 39.0 Å². The van der Waals surface area contributed by atoms with Gasteiger partial charge in [0.2, 0.25) is 5.16 Å². The molecule has 7 heteroatoms. The number of esters is 1. The molecular formula is C15H20N4O2S. The molecule has 0 spiro atoms. The fourth-order valence-electron chi connectivity index (χ4n) is 1.89. The summed E-state index contributed by atoms with van der Waals surface area (Å²) in [5.41, 5.74) is 3.19. The number of thioether (sulfide) groups is 1. The molecule has 0 radical (unpaired) electrons. The lowest BCUT2D eigenvalue weighted by molar-refractivity contribution is -0.142. The maximum Gasteiger partial charge on any atom is 0.319 e. The van der Waals surface area contributed by atoms with Crippen molar-refractivity contribution in [3.63, 3.8) is 0 Å². The summed E-state index contributed by atoms with van der Waals surface area (Å²) in [6, 6.07) is 5.97. The zero-order chi connectivity index (χ0) is 16.1. The Bertz CT molecular complexity index is 657. The van der Waals surface area contributed by atoms with Gasteiger partial charge < -0.3 is 4.74 Å². The maximum atomic E-state index is 11.9. The van der Waals surface area contributed by atoms with Crippen molar-refractivity contribution in [1.82, 2.24) is 20.2 Å². The van der Waals surface area contributed by atoms with Crippen LogP contribution < -0.4 is 0 Å². The monoisotopic (exact) mass is 320 g/mol. The Kier molecular flexibility index (Phi) is 5.54. The third-order valence-corrected chi connectivity index (χ3v) is 4.32. The number of hydrogen-bond acceptors (Lipinski definition) is 6. The van der Waals surface area contributed by atoms with Crippen LogP contribution in [0.15, 0.2) is 23.4 Å². The molecule has 0 saturated heterocycles. The summed E-state index contributed by atoms with van der Waals surface area (Å²) in [4.78, 5) is 11.9. The van der Waals surface area contributed by atoms with Gasteiger partial charge in [-0.2, -0.15) is 4.68 Å². The first-order chi connectivity index (χ1) is 10.5. The summed E-state index contributed by atoms with van der Waals surface area (Å²) in [5, 5.41) is 12.0. The van der Waals surface area contributed by atoms with Gasteiger partial charge in [0.15, 0.2) is 0 Å². The van der Waals surface area contributed by atoms with Crippen LogP contribution >= 0.6 is 11.8 Å². The smallest absolute Gasteiger partial charge is 0.319 e. The lowest BCUT2D eigenvalue weighted by Gasteiger charge is -2.12. The molecule has 6 nitrogen and oxygen atoms in total. The molecule has 22 heavy (non-hydrogen) atoms. The van der Waals surface area contributed by atoms with E-state index >= 15 is 0 Å². The molecule has 0 aliphatic heterocycles. The molecule has 1 aromatic carbocycles. The second-order valence-corrected chi connectivity index (χ2v) is 6.33. The highest BCUT2D eigenvalue weighted by molar-refractivity contribution is 8.00. The van der Waals surface area contributed by atoms with E-state index in [0.29, 0.717) is 11.8 Å². The van der Waals surface area contributed by atoms with Gasteiger partial charge in [0.05, 0.1) is 12.3 Å². The predicted molar refractivity (Wildman–Crippen MR) is 85.2 cm³/mol. The van der Waals surface area contributed by atoms with Crippen LogP contribution in [0.3, 0.4) is 0 Å². The lowest BCUT2D eigenvalue weighted by Crippen LogP contribution is -2.18. The van der Waals surface area contributed by atoms with E-state index in [0.717, 1.165) is 17.7 Å². The molecule has 0 aliphatic carbocycles. The summed E-state index contributed by atoms with van der Waals surface area (Å²) in [6.45, 7) is 8.27. The van der Waals surface area contributed by atoms with Crippen LogP contribution in [0, 0.1) is 13.8 Å². The van der Waals surface area contributed by atoms with Gasteiger partial charge in [-0.1, -0.05) is 30.8 Å². The SMILES string of the molecule is CCCOC(=O)C(C)Sc1nnnn1-c1cccc(C)c1C. The summed E-state index contributed by atoms with van der Waals surface area (Å²) in [6.07, 6.45) is 0.809. The minimum atomic E-state index is -0.360. The first-order valence-corrected chi connectivity index (χ1v) is 8.10. The van der Waals surface area contributed by atoms with E-state index in [4.69, 9.17) is 4.74 Å². The molecule has 1 heterocycles. The normalized spacial score (nSPS) is 12.2. The molecule has 2 rings (SSSR count). The number of aryl methyl sites for hydroxylation is 1. The van der Waals surface area contributed by atoms with Gasteiger partial charge in [0.25, 0.3) is 0 Å². The van der Waals surface area contributed by atoms with Crippen molar-refractivity contribution in [3.8, 4) is 5.69 Å². The van der Waals surface area contributed by atoms with E-state index in [1.165, 1.54) is 17.3 Å².